The van der Waals surface area contributed by atoms with Gasteiger partial charge >= 0.3 is 5.97 Å². The Morgan fingerprint density at radius 3 is 2.55 bits per heavy atom. The van der Waals surface area contributed by atoms with Crippen LogP contribution >= 0.6 is 15.9 Å². The molecule has 0 aliphatic heterocycles. The molecule has 0 fully saturated rings. The molecule has 0 N–H and O–H groups in total. The summed E-state index contributed by atoms with van der Waals surface area (Å²) in [5, 5.41) is 0.965. The number of carbonyl (C=O) groups excluding carboxylic acids is 1. The molecule has 0 bridgehead atoms. The van der Waals surface area contributed by atoms with Crippen molar-refractivity contribution in [3.8, 4) is 0 Å². The molecule has 0 aromatic carbocycles. The van der Waals surface area contributed by atoms with Crippen LogP contribution in [0.4, 0.5) is 0 Å². The number of ether oxygens (including phenoxy) is 1. The molecular weight excluding hydrogens is 261 g/mol. The van der Waals surface area contributed by atoms with E-state index in [1.54, 1.807) is 0 Å². The molecule has 0 aromatic heterocycles. The molecule has 2 nitrogen and oxygen atoms in total. The van der Waals surface area contributed by atoms with Crippen molar-refractivity contribution in [3.63, 3.8) is 0 Å². The molecule has 0 aliphatic carbocycles. The van der Waals surface area contributed by atoms with Crippen LogP contribution in [0.15, 0.2) is 0 Å². The van der Waals surface area contributed by atoms with E-state index in [1.807, 2.05) is 6.92 Å². The van der Waals surface area contributed by atoms with Crippen LogP contribution in [0, 0.1) is 0 Å². The third kappa shape index (κ3) is 10.6. The second-order valence-electron chi connectivity index (χ2n) is 1.95. The fraction of sp³-hybridized carbons (Fsp3) is 0.857. The van der Waals surface area contributed by atoms with Crippen molar-refractivity contribution in [2.75, 3.05) is 11.9 Å². The molecule has 0 aliphatic rings. The maximum absolute atomic E-state index is 10.7. The summed E-state index contributed by atoms with van der Waals surface area (Å²) < 4.78 is 4.73. The van der Waals surface area contributed by atoms with E-state index in [1.165, 1.54) is 0 Å². The normalized spacial score (nSPS) is 8.55. The third-order valence-electron chi connectivity index (χ3n) is 1.07. The van der Waals surface area contributed by atoms with E-state index in [0.717, 1.165) is 18.2 Å². The largest absolute Gasteiger partial charge is 0.466 e. The van der Waals surface area contributed by atoms with Gasteiger partial charge in [-0.05, 0) is 19.8 Å². The molecule has 0 saturated heterocycles. The van der Waals surface area contributed by atoms with Gasteiger partial charge in [0.1, 0.15) is 0 Å². The van der Waals surface area contributed by atoms with Crippen molar-refractivity contribution < 1.29 is 29.0 Å². The van der Waals surface area contributed by atoms with Gasteiger partial charge in [0.25, 0.3) is 0 Å². The van der Waals surface area contributed by atoms with Gasteiger partial charge in [-0.25, -0.2) is 0 Å². The summed E-state index contributed by atoms with van der Waals surface area (Å²) in [6, 6.07) is 0. The third-order valence-corrected chi connectivity index (χ3v) is 1.63. The van der Waals surface area contributed by atoms with Crippen LogP contribution < -0.4 is 0 Å². The first-order chi connectivity index (χ1) is 4.81. The number of halogens is 1. The molecule has 0 amide bonds. The van der Waals surface area contributed by atoms with Gasteiger partial charge in [-0.2, -0.15) is 0 Å². The van der Waals surface area contributed by atoms with Crippen molar-refractivity contribution in [1.29, 1.82) is 0 Å². The van der Waals surface area contributed by atoms with Gasteiger partial charge in [-0.3, -0.25) is 4.79 Å². The molecule has 0 saturated carbocycles. The van der Waals surface area contributed by atoms with Crippen LogP contribution in [0.2, 0.25) is 0 Å². The van der Waals surface area contributed by atoms with Gasteiger partial charge in [0, 0.05) is 31.2 Å². The van der Waals surface area contributed by atoms with Crippen LogP contribution in [0.5, 0.6) is 0 Å². The summed E-state index contributed by atoms with van der Waals surface area (Å²) in [6.45, 7) is 2.32. The predicted molar refractivity (Wildman–Crippen MR) is 44.3 cm³/mol. The van der Waals surface area contributed by atoms with Gasteiger partial charge in [0.15, 0.2) is 0 Å². The van der Waals surface area contributed by atoms with E-state index in [4.69, 9.17) is 4.74 Å². The molecule has 62 valence electrons. The van der Waals surface area contributed by atoms with Crippen molar-refractivity contribution >= 4 is 21.9 Å². The molecule has 0 radical (unpaired) electrons. The first-order valence-electron chi connectivity index (χ1n) is 3.52. The minimum absolute atomic E-state index is 0. The summed E-state index contributed by atoms with van der Waals surface area (Å²) >= 11 is 3.29. The van der Waals surface area contributed by atoms with Gasteiger partial charge in [-0.1, -0.05) is 15.9 Å². The van der Waals surface area contributed by atoms with E-state index in [2.05, 4.69) is 15.9 Å². The minimum atomic E-state index is -0.0801. The van der Waals surface area contributed by atoms with Crippen molar-refractivity contribution in [2.24, 2.45) is 0 Å². The smallest absolute Gasteiger partial charge is 0.305 e. The Morgan fingerprint density at radius 2 is 2.09 bits per heavy atom. The summed E-state index contributed by atoms with van der Waals surface area (Å²) in [5.74, 6) is -0.0801. The quantitative estimate of drug-likeness (QED) is 0.332. The van der Waals surface area contributed by atoms with Crippen molar-refractivity contribution in [3.05, 3.63) is 0 Å². The van der Waals surface area contributed by atoms with Crippen LogP contribution in [-0.2, 0) is 29.0 Å². The number of alkyl halides is 1. The number of unbranched alkanes of at least 4 members (excludes halogenated alkanes) is 1. The minimum Gasteiger partial charge on any atom is -0.466 e. The van der Waals surface area contributed by atoms with Crippen LogP contribution in [0.3, 0.4) is 0 Å². The van der Waals surface area contributed by atoms with E-state index >= 15 is 0 Å². The molecule has 0 atom stereocenters. The predicted octanol–water partition coefficient (Wildman–Crippen LogP) is 2.11. The first-order valence-corrected chi connectivity index (χ1v) is 4.65. The van der Waals surface area contributed by atoms with Crippen molar-refractivity contribution in [1.82, 2.24) is 0 Å². The average Bonchev–Trinajstić information content (AvgIpc) is 1.89. The number of hydrogen-bond donors (Lipinski definition) is 0. The summed E-state index contributed by atoms with van der Waals surface area (Å²) in [5.41, 5.74) is 0. The molecular formula is C7H13BrO2Zn. The fourth-order valence-electron chi connectivity index (χ4n) is 0.597. The maximum Gasteiger partial charge on any atom is 0.305 e. The van der Waals surface area contributed by atoms with Gasteiger partial charge in [0.2, 0.25) is 0 Å². The van der Waals surface area contributed by atoms with Gasteiger partial charge in [0.05, 0.1) is 6.61 Å². The molecule has 0 unspecified atom stereocenters. The zero-order chi connectivity index (χ0) is 7.82. The topological polar surface area (TPSA) is 26.3 Å². The number of carbonyl (C=O) groups is 1. The molecule has 0 spiro atoms. The van der Waals surface area contributed by atoms with Crippen molar-refractivity contribution in [2.45, 2.75) is 26.2 Å². The molecule has 0 rings (SSSR count). The number of esters is 1. The average molecular weight is 274 g/mol. The summed E-state index contributed by atoms with van der Waals surface area (Å²) in [4.78, 5) is 10.7. The molecule has 0 aromatic rings. The Hall–Kier alpha value is 0.573. The Morgan fingerprint density at radius 1 is 1.45 bits per heavy atom. The van der Waals surface area contributed by atoms with Crippen LogP contribution in [0.1, 0.15) is 26.2 Å². The van der Waals surface area contributed by atoms with E-state index < -0.39 is 0 Å². The second-order valence-corrected chi connectivity index (χ2v) is 2.74. The maximum atomic E-state index is 10.7. The first kappa shape index (κ1) is 14.1. The monoisotopic (exact) mass is 272 g/mol. The zero-order valence-electron chi connectivity index (χ0n) is 6.94. The van der Waals surface area contributed by atoms with Gasteiger partial charge < -0.3 is 4.74 Å². The van der Waals surface area contributed by atoms with E-state index in [9.17, 15) is 4.79 Å². The summed E-state index contributed by atoms with van der Waals surface area (Å²) in [7, 11) is 0. The Kier molecular flexibility index (Phi) is 13.6. The molecule has 11 heavy (non-hydrogen) atoms. The number of hydrogen-bond acceptors (Lipinski definition) is 2. The molecule has 0 heterocycles. The molecule has 4 heteroatoms. The van der Waals surface area contributed by atoms with Gasteiger partial charge in [-0.15, -0.1) is 0 Å². The number of rotatable bonds is 5. The van der Waals surface area contributed by atoms with Crippen LogP contribution in [0.25, 0.3) is 0 Å². The SMILES string of the molecule is CCOC(=O)CCCCBr.[Zn]. The van der Waals surface area contributed by atoms with Crippen LogP contribution in [-0.4, -0.2) is 17.9 Å². The Balaban J connectivity index is 0. The summed E-state index contributed by atoms with van der Waals surface area (Å²) in [6.07, 6.45) is 2.52. The second kappa shape index (κ2) is 10.6. The van der Waals surface area contributed by atoms with E-state index in [-0.39, 0.29) is 25.4 Å². The standard InChI is InChI=1S/C7H13BrO2.Zn/c1-2-10-7(9)5-3-4-6-8;/h2-6H2,1H3;. The zero-order valence-corrected chi connectivity index (χ0v) is 11.5. The fourth-order valence-corrected chi connectivity index (χ4v) is 0.993. The Bertz CT molecular complexity index is 98.4. The van der Waals surface area contributed by atoms with E-state index in [0.29, 0.717) is 13.0 Å². The Labute approximate surface area is 89.0 Å².